The maximum atomic E-state index is 5.90. The topological polar surface area (TPSA) is 34.8 Å². The van der Waals surface area contributed by atoms with Crippen LogP contribution in [0.25, 0.3) is 0 Å². The number of ether oxygens (including phenoxy) is 2. The van der Waals surface area contributed by atoms with Crippen molar-refractivity contribution in [3.05, 3.63) is 65.4 Å². The molecule has 0 spiro atoms. The molecule has 0 aliphatic carbocycles. The zero-order valence-corrected chi connectivity index (χ0v) is 14.7. The lowest BCUT2D eigenvalue weighted by atomic mass is 10.1. The molecule has 1 aliphatic heterocycles. The monoisotopic (exact) mass is 335 g/mol. The number of aryl methyl sites for hydroxylation is 3. The van der Waals surface area contributed by atoms with Crippen molar-refractivity contribution < 1.29 is 13.9 Å². The lowest BCUT2D eigenvalue weighted by Crippen LogP contribution is -2.13. The number of hydrogen-bond donors (Lipinski definition) is 0. The molecule has 1 aliphatic rings. The SMILES string of the molecule is COc1cc(C)cc(OC)c1N1c2ccccc2CCc2ccoc21. The van der Waals surface area contributed by atoms with E-state index in [2.05, 4.69) is 23.1 Å². The highest BCUT2D eigenvalue weighted by Gasteiger charge is 2.29. The van der Waals surface area contributed by atoms with Gasteiger partial charge in [-0.3, -0.25) is 4.90 Å². The third-order valence-corrected chi connectivity index (χ3v) is 4.67. The van der Waals surface area contributed by atoms with E-state index < -0.39 is 0 Å². The number of benzene rings is 2. The molecule has 2 aromatic carbocycles. The second-order valence-electron chi connectivity index (χ2n) is 6.23. The number of para-hydroxylation sites is 1. The van der Waals surface area contributed by atoms with E-state index >= 15 is 0 Å². The number of methoxy groups -OCH3 is 2. The van der Waals surface area contributed by atoms with E-state index in [1.54, 1.807) is 20.5 Å². The Morgan fingerprint density at radius 3 is 2.32 bits per heavy atom. The Balaban J connectivity index is 2.04. The molecule has 4 rings (SSSR count). The number of furan rings is 1. The van der Waals surface area contributed by atoms with Gasteiger partial charge in [0.25, 0.3) is 0 Å². The summed E-state index contributed by atoms with van der Waals surface area (Å²) in [6.45, 7) is 2.03. The van der Waals surface area contributed by atoms with Crippen LogP contribution in [0.15, 0.2) is 53.1 Å². The van der Waals surface area contributed by atoms with Crippen molar-refractivity contribution in [2.24, 2.45) is 0 Å². The van der Waals surface area contributed by atoms with E-state index in [1.807, 2.05) is 31.2 Å². The summed E-state index contributed by atoms with van der Waals surface area (Å²) in [5.74, 6) is 2.34. The largest absolute Gasteiger partial charge is 0.494 e. The van der Waals surface area contributed by atoms with Gasteiger partial charge in [-0.15, -0.1) is 0 Å². The molecule has 2 heterocycles. The van der Waals surface area contributed by atoms with Gasteiger partial charge in [0, 0.05) is 5.56 Å². The first-order valence-corrected chi connectivity index (χ1v) is 8.40. The smallest absolute Gasteiger partial charge is 0.207 e. The van der Waals surface area contributed by atoms with Crippen LogP contribution in [0.4, 0.5) is 17.3 Å². The molecule has 0 radical (unpaired) electrons. The first-order valence-electron chi connectivity index (χ1n) is 8.40. The molecule has 4 heteroatoms. The predicted octanol–water partition coefficient (Wildman–Crippen LogP) is 5.17. The Bertz CT molecular complexity index is 888. The Morgan fingerprint density at radius 2 is 1.60 bits per heavy atom. The molecule has 25 heavy (non-hydrogen) atoms. The van der Waals surface area contributed by atoms with E-state index in [1.165, 1.54) is 11.1 Å². The van der Waals surface area contributed by atoms with E-state index in [4.69, 9.17) is 13.9 Å². The third-order valence-electron chi connectivity index (χ3n) is 4.67. The minimum absolute atomic E-state index is 0.760. The second kappa shape index (κ2) is 6.20. The van der Waals surface area contributed by atoms with Crippen molar-refractivity contribution in [2.75, 3.05) is 19.1 Å². The fraction of sp³-hybridized carbons (Fsp3) is 0.238. The molecular weight excluding hydrogens is 314 g/mol. The summed E-state index contributed by atoms with van der Waals surface area (Å²) < 4.78 is 17.3. The lowest BCUT2D eigenvalue weighted by Gasteiger charge is -2.27. The quantitative estimate of drug-likeness (QED) is 0.661. The summed E-state index contributed by atoms with van der Waals surface area (Å²) in [6.07, 6.45) is 3.66. The first kappa shape index (κ1) is 15.6. The lowest BCUT2D eigenvalue weighted by molar-refractivity contribution is 0.395. The molecule has 0 unspecified atom stereocenters. The maximum Gasteiger partial charge on any atom is 0.207 e. The highest BCUT2D eigenvalue weighted by atomic mass is 16.5. The average Bonchev–Trinajstić information content (AvgIpc) is 3.04. The summed E-state index contributed by atoms with van der Waals surface area (Å²) in [6, 6.07) is 14.5. The molecule has 0 saturated heterocycles. The van der Waals surface area contributed by atoms with E-state index in [0.717, 1.165) is 47.2 Å². The molecule has 0 N–H and O–H groups in total. The number of hydrogen-bond acceptors (Lipinski definition) is 4. The molecular formula is C21H21NO3. The summed E-state index contributed by atoms with van der Waals surface area (Å²) >= 11 is 0. The molecule has 0 fully saturated rings. The Labute approximate surface area is 147 Å². The molecule has 0 bridgehead atoms. The highest BCUT2D eigenvalue weighted by Crippen LogP contribution is 2.49. The van der Waals surface area contributed by atoms with Crippen LogP contribution in [0.2, 0.25) is 0 Å². The highest BCUT2D eigenvalue weighted by molar-refractivity contribution is 5.85. The zero-order valence-electron chi connectivity index (χ0n) is 14.7. The third kappa shape index (κ3) is 2.54. The fourth-order valence-corrected chi connectivity index (χ4v) is 3.50. The first-order chi connectivity index (χ1) is 12.2. The zero-order chi connectivity index (χ0) is 17.4. The minimum atomic E-state index is 0.760. The van der Waals surface area contributed by atoms with Gasteiger partial charge in [0.05, 0.1) is 26.2 Å². The van der Waals surface area contributed by atoms with Gasteiger partial charge in [-0.2, -0.15) is 0 Å². The van der Waals surface area contributed by atoms with Gasteiger partial charge in [0.1, 0.15) is 17.2 Å². The second-order valence-corrected chi connectivity index (χ2v) is 6.23. The Kier molecular flexibility index (Phi) is 3.88. The molecule has 4 nitrogen and oxygen atoms in total. The van der Waals surface area contributed by atoms with Crippen LogP contribution in [-0.2, 0) is 12.8 Å². The summed E-state index contributed by atoms with van der Waals surface area (Å²) in [7, 11) is 3.37. The number of nitrogens with zero attached hydrogens (tertiary/aromatic N) is 1. The fourth-order valence-electron chi connectivity index (χ4n) is 3.50. The van der Waals surface area contributed by atoms with Crippen LogP contribution in [0, 0.1) is 6.92 Å². The molecule has 0 amide bonds. The van der Waals surface area contributed by atoms with Gasteiger partial charge in [0.15, 0.2) is 0 Å². The normalized spacial score (nSPS) is 13.0. The van der Waals surface area contributed by atoms with Crippen LogP contribution in [0.5, 0.6) is 11.5 Å². The van der Waals surface area contributed by atoms with Crippen molar-refractivity contribution >= 4 is 17.3 Å². The van der Waals surface area contributed by atoms with E-state index in [0.29, 0.717) is 0 Å². The van der Waals surface area contributed by atoms with Crippen LogP contribution < -0.4 is 14.4 Å². The van der Waals surface area contributed by atoms with Crippen molar-refractivity contribution in [1.82, 2.24) is 0 Å². The summed E-state index contributed by atoms with van der Waals surface area (Å²) in [4.78, 5) is 2.12. The molecule has 3 aromatic rings. The van der Waals surface area contributed by atoms with Crippen LogP contribution >= 0.6 is 0 Å². The van der Waals surface area contributed by atoms with Crippen LogP contribution in [0.1, 0.15) is 16.7 Å². The Hall–Kier alpha value is -2.88. The minimum Gasteiger partial charge on any atom is -0.494 e. The van der Waals surface area contributed by atoms with Gasteiger partial charge < -0.3 is 13.9 Å². The summed E-state index contributed by atoms with van der Waals surface area (Å²) in [5, 5.41) is 0. The molecule has 0 atom stereocenters. The number of anilines is 3. The van der Waals surface area contributed by atoms with Crippen molar-refractivity contribution in [3.8, 4) is 11.5 Å². The number of fused-ring (bicyclic) bond motifs is 2. The van der Waals surface area contributed by atoms with Gasteiger partial charge >= 0.3 is 0 Å². The van der Waals surface area contributed by atoms with E-state index in [-0.39, 0.29) is 0 Å². The van der Waals surface area contributed by atoms with Gasteiger partial charge in [-0.05, 0) is 55.2 Å². The maximum absolute atomic E-state index is 5.90. The van der Waals surface area contributed by atoms with Crippen molar-refractivity contribution in [1.29, 1.82) is 0 Å². The van der Waals surface area contributed by atoms with Crippen LogP contribution in [0.3, 0.4) is 0 Å². The average molecular weight is 335 g/mol. The van der Waals surface area contributed by atoms with Crippen molar-refractivity contribution in [3.63, 3.8) is 0 Å². The molecule has 0 saturated carbocycles. The standard InChI is InChI=1S/C21H21NO3/c1-14-12-18(23-2)20(19(13-14)24-3)22-17-7-5-4-6-15(17)8-9-16-10-11-25-21(16)22/h4-7,10-13H,8-9H2,1-3H3. The molecule has 1 aromatic heterocycles. The van der Waals surface area contributed by atoms with Gasteiger partial charge in [0.2, 0.25) is 5.88 Å². The Morgan fingerprint density at radius 1 is 0.920 bits per heavy atom. The van der Waals surface area contributed by atoms with Crippen molar-refractivity contribution in [2.45, 2.75) is 19.8 Å². The van der Waals surface area contributed by atoms with Gasteiger partial charge in [-0.25, -0.2) is 0 Å². The molecule has 128 valence electrons. The van der Waals surface area contributed by atoms with E-state index in [9.17, 15) is 0 Å². The van der Waals surface area contributed by atoms with Gasteiger partial charge in [-0.1, -0.05) is 18.2 Å². The number of rotatable bonds is 3. The predicted molar refractivity (Wildman–Crippen MR) is 98.6 cm³/mol. The van der Waals surface area contributed by atoms with Crippen LogP contribution in [-0.4, -0.2) is 14.2 Å². The summed E-state index contributed by atoms with van der Waals surface area (Å²) in [5.41, 5.74) is 5.50.